The second kappa shape index (κ2) is 8.91. The Morgan fingerprint density at radius 2 is 1.93 bits per heavy atom. The molecular weight excluding hydrogens is 356 g/mol. The third-order valence-corrected chi connectivity index (χ3v) is 4.53. The first-order valence-corrected chi connectivity index (χ1v) is 9.15. The lowest BCUT2D eigenvalue weighted by Gasteiger charge is -2.30. The first-order valence-electron chi connectivity index (χ1n) is 9.15. The zero-order valence-electron chi connectivity index (χ0n) is 15.6. The van der Waals surface area contributed by atoms with Gasteiger partial charge in [-0.25, -0.2) is 0 Å². The van der Waals surface area contributed by atoms with Crippen molar-refractivity contribution < 1.29 is 14.3 Å². The molecule has 3 rings (SSSR count). The number of nitrogens with zero attached hydrogens (tertiary/aromatic N) is 2. The van der Waals surface area contributed by atoms with Crippen molar-refractivity contribution in [2.24, 2.45) is 0 Å². The highest BCUT2D eigenvalue weighted by molar-refractivity contribution is 5.86. The SMILES string of the molecule is CC(Oc1ccc(C#N)cc1)C(=O)NNC(=O)CN1CCCc2ccccc21. The van der Waals surface area contributed by atoms with Gasteiger partial charge >= 0.3 is 0 Å². The quantitative estimate of drug-likeness (QED) is 0.776. The molecule has 2 aromatic rings. The van der Waals surface area contributed by atoms with E-state index in [1.54, 1.807) is 31.2 Å². The molecule has 0 fully saturated rings. The number of carbonyl (C=O) groups is 2. The van der Waals surface area contributed by atoms with Gasteiger partial charge in [-0.05, 0) is 55.7 Å². The van der Waals surface area contributed by atoms with Crippen LogP contribution in [0.5, 0.6) is 5.75 Å². The summed E-state index contributed by atoms with van der Waals surface area (Å²) in [7, 11) is 0. The summed E-state index contributed by atoms with van der Waals surface area (Å²) in [5.41, 5.74) is 7.64. The Kier molecular flexibility index (Phi) is 6.12. The number of rotatable bonds is 5. The van der Waals surface area contributed by atoms with Gasteiger partial charge < -0.3 is 9.64 Å². The van der Waals surface area contributed by atoms with Crippen LogP contribution in [0.3, 0.4) is 0 Å². The summed E-state index contributed by atoms with van der Waals surface area (Å²) in [6, 6.07) is 16.5. The van der Waals surface area contributed by atoms with Crippen molar-refractivity contribution in [1.29, 1.82) is 5.26 Å². The molecule has 1 unspecified atom stereocenters. The molecule has 2 amide bonds. The molecule has 1 aliphatic rings. The van der Waals surface area contributed by atoms with Crippen LogP contribution >= 0.6 is 0 Å². The van der Waals surface area contributed by atoms with E-state index in [0.717, 1.165) is 25.1 Å². The van der Waals surface area contributed by atoms with Crippen molar-refractivity contribution in [2.45, 2.75) is 25.9 Å². The second-order valence-corrected chi connectivity index (χ2v) is 6.59. The van der Waals surface area contributed by atoms with Gasteiger partial charge in [0.2, 0.25) is 0 Å². The maximum Gasteiger partial charge on any atom is 0.279 e. The van der Waals surface area contributed by atoms with Crippen molar-refractivity contribution in [3.05, 3.63) is 59.7 Å². The topological polar surface area (TPSA) is 94.5 Å². The average Bonchev–Trinajstić information content (AvgIpc) is 2.73. The van der Waals surface area contributed by atoms with Gasteiger partial charge in [0, 0.05) is 12.2 Å². The van der Waals surface area contributed by atoms with Gasteiger partial charge in [-0.1, -0.05) is 18.2 Å². The normalized spacial score (nSPS) is 13.6. The Labute approximate surface area is 163 Å². The minimum absolute atomic E-state index is 0.169. The van der Waals surface area contributed by atoms with Crippen molar-refractivity contribution in [3.63, 3.8) is 0 Å². The number of hydrazine groups is 1. The largest absolute Gasteiger partial charge is 0.481 e. The molecule has 0 aromatic heterocycles. The summed E-state index contributed by atoms with van der Waals surface area (Å²) in [6.07, 6.45) is 1.20. The molecule has 0 radical (unpaired) electrons. The molecule has 7 nitrogen and oxygen atoms in total. The summed E-state index contributed by atoms with van der Waals surface area (Å²) >= 11 is 0. The molecule has 0 saturated heterocycles. The fraction of sp³-hybridized carbons (Fsp3) is 0.286. The van der Waals surface area contributed by atoms with Crippen molar-refractivity contribution >= 4 is 17.5 Å². The summed E-state index contributed by atoms with van der Waals surface area (Å²) < 4.78 is 5.52. The highest BCUT2D eigenvalue weighted by Gasteiger charge is 2.20. The predicted molar refractivity (Wildman–Crippen MR) is 105 cm³/mol. The Hall–Kier alpha value is -3.53. The molecule has 0 saturated carbocycles. The molecule has 2 aromatic carbocycles. The first kappa shape index (κ1) is 19.2. The number of aryl methyl sites for hydroxylation is 1. The number of benzene rings is 2. The van der Waals surface area contributed by atoms with E-state index >= 15 is 0 Å². The van der Waals surface area contributed by atoms with E-state index in [-0.39, 0.29) is 12.5 Å². The van der Waals surface area contributed by atoms with Gasteiger partial charge in [0.25, 0.3) is 11.8 Å². The van der Waals surface area contributed by atoms with Crippen LogP contribution in [0.4, 0.5) is 5.69 Å². The predicted octanol–water partition coefficient (Wildman–Crippen LogP) is 1.93. The lowest BCUT2D eigenvalue weighted by molar-refractivity contribution is -0.132. The van der Waals surface area contributed by atoms with Gasteiger partial charge in [-0.3, -0.25) is 20.4 Å². The van der Waals surface area contributed by atoms with E-state index in [1.165, 1.54) is 5.56 Å². The molecular formula is C21H22N4O3. The number of nitriles is 1. The monoisotopic (exact) mass is 378 g/mol. The van der Waals surface area contributed by atoms with E-state index in [9.17, 15) is 9.59 Å². The number of nitrogens with one attached hydrogen (secondary N) is 2. The Balaban J connectivity index is 1.47. The van der Waals surface area contributed by atoms with Crippen LogP contribution in [0.1, 0.15) is 24.5 Å². The molecule has 1 heterocycles. The molecule has 0 aliphatic carbocycles. The van der Waals surface area contributed by atoms with E-state index in [4.69, 9.17) is 10.00 Å². The number of amides is 2. The summed E-state index contributed by atoms with van der Waals surface area (Å²) in [5.74, 6) is -0.287. The number of hydrogen-bond donors (Lipinski definition) is 2. The maximum absolute atomic E-state index is 12.2. The Bertz CT molecular complexity index is 889. The van der Waals surface area contributed by atoms with Crippen LogP contribution in [0.25, 0.3) is 0 Å². The highest BCUT2D eigenvalue weighted by atomic mass is 16.5. The fourth-order valence-corrected chi connectivity index (χ4v) is 3.09. The van der Waals surface area contributed by atoms with Gasteiger partial charge in [-0.15, -0.1) is 0 Å². The van der Waals surface area contributed by atoms with Crippen molar-refractivity contribution in [2.75, 3.05) is 18.0 Å². The van der Waals surface area contributed by atoms with Gasteiger partial charge in [-0.2, -0.15) is 5.26 Å². The lowest BCUT2D eigenvalue weighted by Crippen LogP contribution is -2.50. The molecule has 7 heteroatoms. The zero-order valence-corrected chi connectivity index (χ0v) is 15.6. The zero-order chi connectivity index (χ0) is 19.9. The number of hydrogen-bond acceptors (Lipinski definition) is 5. The van der Waals surface area contributed by atoms with Crippen LogP contribution < -0.4 is 20.5 Å². The highest BCUT2D eigenvalue weighted by Crippen LogP contribution is 2.26. The minimum Gasteiger partial charge on any atom is -0.481 e. The number of anilines is 1. The van der Waals surface area contributed by atoms with Crippen LogP contribution in [-0.4, -0.2) is 31.0 Å². The van der Waals surface area contributed by atoms with E-state index < -0.39 is 12.0 Å². The molecule has 0 spiro atoms. The van der Waals surface area contributed by atoms with Crippen LogP contribution in [-0.2, 0) is 16.0 Å². The van der Waals surface area contributed by atoms with Gasteiger partial charge in [0.15, 0.2) is 6.10 Å². The number of carbonyl (C=O) groups excluding carboxylic acids is 2. The standard InChI is InChI=1S/C21H22N4O3/c1-15(28-18-10-8-16(13-22)9-11-18)21(27)24-23-20(26)14-25-12-4-6-17-5-2-3-7-19(17)25/h2-3,5,7-11,15H,4,6,12,14H2,1H3,(H,23,26)(H,24,27). The van der Waals surface area contributed by atoms with Crippen LogP contribution in [0.2, 0.25) is 0 Å². The number of para-hydroxylation sites is 1. The number of ether oxygens (including phenoxy) is 1. The van der Waals surface area contributed by atoms with E-state index in [1.807, 2.05) is 29.2 Å². The molecule has 2 N–H and O–H groups in total. The molecule has 1 atom stereocenters. The lowest BCUT2D eigenvalue weighted by atomic mass is 10.0. The van der Waals surface area contributed by atoms with Crippen LogP contribution in [0, 0.1) is 11.3 Å². The second-order valence-electron chi connectivity index (χ2n) is 6.59. The van der Waals surface area contributed by atoms with Gasteiger partial charge in [0.1, 0.15) is 5.75 Å². The molecule has 1 aliphatic heterocycles. The summed E-state index contributed by atoms with van der Waals surface area (Å²) in [4.78, 5) is 26.4. The number of fused-ring (bicyclic) bond motifs is 1. The smallest absolute Gasteiger partial charge is 0.279 e. The minimum atomic E-state index is -0.802. The summed E-state index contributed by atoms with van der Waals surface area (Å²) in [6.45, 7) is 2.55. The third-order valence-electron chi connectivity index (χ3n) is 4.53. The van der Waals surface area contributed by atoms with Gasteiger partial charge in [0.05, 0.1) is 18.2 Å². The van der Waals surface area contributed by atoms with Crippen molar-refractivity contribution in [1.82, 2.24) is 10.9 Å². The third kappa shape index (κ3) is 4.80. The summed E-state index contributed by atoms with van der Waals surface area (Å²) in [5, 5.41) is 8.79. The molecule has 0 bridgehead atoms. The van der Waals surface area contributed by atoms with E-state index in [2.05, 4.69) is 16.9 Å². The van der Waals surface area contributed by atoms with E-state index in [0.29, 0.717) is 11.3 Å². The molecule has 144 valence electrons. The molecule has 28 heavy (non-hydrogen) atoms. The average molecular weight is 378 g/mol. The maximum atomic E-state index is 12.2. The van der Waals surface area contributed by atoms with Crippen molar-refractivity contribution in [3.8, 4) is 11.8 Å². The van der Waals surface area contributed by atoms with Crippen LogP contribution in [0.15, 0.2) is 48.5 Å². The Morgan fingerprint density at radius 1 is 1.18 bits per heavy atom. The fourth-order valence-electron chi connectivity index (χ4n) is 3.09. The Morgan fingerprint density at radius 3 is 2.68 bits per heavy atom. The first-order chi connectivity index (χ1) is 13.6.